The van der Waals surface area contributed by atoms with E-state index in [9.17, 15) is 0 Å². The van der Waals surface area contributed by atoms with E-state index in [0.717, 1.165) is 44.5 Å². The molecule has 0 radical (unpaired) electrons. The van der Waals surface area contributed by atoms with Gasteiger partial charge in [-0.3, -0.25) is 0 Å². The van der Waals surface area contributed by atoms with Gasteiger partial charge in [-0.15, -0.1) is 0 Å². The van der Waals surface area contributed by atoms with Crippen molar-refractivity contribution in [2.24, 2.45) is 0 Å². The first-order chi connectivity index (χ1) is 12.6. The summed E-state index contributed by atoms with van der Waals surface area (Å²) in [7, 11) is 1.66. The lowest BCUT2D eigenvalue weighted by Gasteiger charge is -2.11. The number of aryl methyl sites for hydroxylation is 1. The van der Waals surface area contributed by atoms with Crippen LogP contribution in [-0.2, 0) is 0 Å². The quantitative estimate of drug-likeness (QED) is 0.368. The zero-order valence-corrected chi connectivity index (χ0v) is 15.9. The van der Waals surface area contributed by atoms with E-state index >= 15 is 0 Å². The maximum atomic E-state index is 6.49. The molecule has 4 aromatic rings. The van der Waals surface area contributed by atoms with Gasteiger partial charge in [-0.1, -0.05) is 41.4 Å². The average molecular weight is 383 g/mol. The fourth-order valence-corrected chi connectivity index (χ4v) is 3.73. The lowest BCUT2D eigenvalue weighted by atomic mass is 9.94. The summed E-state index contributed by atoms with van der Waals surface area (Å²) in [6.07, 6.45) is 1.77. The number of furan rings is 1. The van der Waals surface area contributed by atoms with Crippen molar-refractivity contribution >= 4 is 34.2 Å². The minimum Gasteiger partial charge on any atom is -0.497 e. The Bertz CT molecular complexity index is 1110. The van der Waals surface area contributed by atoms with Gasteiger partial charge >= 0.3 is 0 Å². The summed E-state index contributed by atoms with van der Waals surface area (Å²) < 4.78 is 11.1. The molecule has 3 aromatic carbocycles. The lowest BCUT2D eigenvalue weighted by molar-refractivity contribution is 0.415. The fraction of sp³-hybridized carbons (Fsp3) is 0.0909. The molecular formula is C22H16Cl2O2. The van der Waals surface area contributed by atoms with Crippen LogP contribution in [0.25, 0.3) is 33.2 Å². The lowest BCUT2D eigenvalue weighted by Crippen LogP contribution is -1.87. The molecule has 0 saturated heterocycles. The molecule has 4 heteroatoms. The van der Waals surface area contributed by atoms with E-state index in [1.807, 2.05) is 49.4 Å². The van der Waals surface area contributed by atoms with Crippen LogP contribution in [0.4, 0.5) is 0 Å². The highest BCUT2D eigenvalue weighted by atomic mass is 35.5. The largest absolute Gasteiger partial charge is 0.497 e. The van der Waals surface area contributed by atoms with Crippen molar-refractivity contribution in [3.8, 4) is 28.0 Å². The number of hydrogen-bond donors (Lipinski definition) is 0. The van der Waals surface area contributed by atoms with Crippen LogP contribution >= 0.6 is 23.2 Å². The Morgan fingerprint density at radius 2 is 1.73 bits per heavy atom. The van der Waals surface area contributed by atoms with Crippen LogP contribution in [0, 0.1) is 6.92 Å². The highest BCUT2D eigenvalue weighted by Crippen LogP contribution is 2.40. The minimum atomic E-state index is 0.613. The predicted molar refractivity (Wildman–Crippen MR) is 108 cm³/mol. The van der Waals surface area contributed by atoms with Gasteiger partial charge in [0.05, 0.1) is 13.4 Å². The number of rotatable bonds is 3. The van der Waals surface area contributed by atoms with Gasteiger partial charge < -0.3 is 9.15 Å². The van der Waals surface area contributed by atoms with E-state index in [-0.39, 0.29) is 0 Å². The van der Waals surface area contributed by atoms with Gasteiger partial charge in [0, 0.05) is 21.0 Å². The second kappa shape index (κ2) is 6.71. The van der Waals surface area contributed by atoms with Crippen molar-refractivity contribution in [1.29, 1.82) is 0 Å². The Morgan fingerprint density at radius 3 is 2.50 bits per heavy atom. The number of hydrogen-bond acceptors (Lipinski definition) is 2. The molecule has 0 amide bonds. The van der Waals surface area contributed by atoms with E-state index in [0.29, 0.717) is 10.0 Å². The molecule has 0 atom stereocenters. The molecule has 0 aliphatic rings. The number of fused-ring (bicyclic) bond motifs is 1. The Kier molecular flexibility index (Phi) is 4.39. The van der Waals surface area contributed by atoms with E-state index in [4.69, 9.17) is 32.4 Å². The molecule has 0 spiro atoms. The van der Waals surface area contributed by atoms with Gasteiger partial charge in [-0.2, -0.15) is 0 Å². The van der Waals surface area contributed by atoms with Crippen molar-refractivity contribution in [3.05, 3.63) is 76.5 Å². The highest BCUT2D eigenvalue weighted by Gasteiger charge is 2.15. The molecule has 26 heavy (non-hydrogen) atoms. The summed E-state index contributed by atoms with van der Waals surface area (Å²) in [4.78, 5) is 0. The molecule has 0 unspecified atom stereocenters. The molecule has 1 aromatic heterocycles. The second-order valence-corrected chi connectivity index (χ2v) is 7.02. The van der Waals surface area contributed by atoms with Crippen LogP contribution in [0.2, 0.25) is 10.0 Å². The van der Waals surface area contributed by atoms with Crippen molar-refractivity contribution < 1.29 is 9.15 Å². The highest BCUT2D eigenvalue weighted by molar-refractivity contribution is 6.36. The molecule has 0 bridgehead atoms. The maximum absolute atomic E-state index is 6.49. The predicted octanol–water partition coefficient (Wildman–Crippen LogP) is 7.39. The molecule has 4 rings (SSSR count). The third kappa shape index (κ3) is 2.96. The molecule has 2 nitrogen and oxygen atoms in total. The monoisotopic (exact) mass is 382 g/mol. The maximum Gasteiger partial charge on any atom is 0.135 e. The summed E-state index contributed by atoms with van der Waals surface area (Å²) in [6.45, 7) is 2.03. The number of benzene rings is 3. The van der Waals surface area contributed by atoms with Gasteiger partial charge in [0.1, 0.15) is 11.3 Å². The Labute approximate surface area is 161 Å². The van der Waals surface area contributed by atoms with Gasteiger partial charge in [0.2, 0.25) is 0 Å². The van der Waals surface area contributed by atoms with Crippen LogP contribution in [0.5, 0.6) is 5.75 Å². The summed E-state index contributed by atoms with van der Waals surface area (Å²) in [5.41, 5.74) is 5.92. The zero-order chi connectivity index (χ0) is 18.3. The second-order valence-electron chi connectivity index (χ2n) is 6.17. The molecular weight excluding hydrogens is 367 g/mol. The number of methoxy groups -OCH3 is 1. The summed E-state index contributed by atoms with van der Waals surface area (Å²) in [5, 5.41) is 2.28. The summed E-state index contributed by atoms with van der Waals surface area (Å²) >= 11 is 12.6. The topological polar surface area (TPSA) is 22.4 Å². The van der Waals surface area contributed by atoms with Crippen molar-refractivity contribution in [3.63, 3.8) is 0 Å². The number of halogens is 2. The molecule has 0 fully saturated rings. The van der Waals surface area contributed by atoms with Crippen LogP contribution in [0.15, 0.2) is 65.3 Å². The molecule has 0 aliphatic heterocycles. The zero-order valence-electron chi connectivity index (χ0n) is 14.3. The van der Waals surface area contributed by atoms with E-state index < -0.39 is 0 Å². The van der Waals surface area contributed by atoms with Crippen molar-refractivity contribution in [2.75, 3.05) is 7.11 Å². The first kappa shape index (κ1) is 17.0. The third-order valence-corrected chi connectivity index (χ3v) is 5.03. The summed E-state index contributed by atoms with van der Waals surface area (Å²) in [6, 6.07) is 17.7. The molecule has 0 N–H and O–H groups in total. The van der Waals surface area contributed by atoms with Crippen LogP contribution < -0.4 is 4.74 Å². The molecule has 0 aliphatic carbocycles. The smallest absolute Gasteiger partial charge is 0.135 e. The molecule has 1 heterocycles. The Balaban J connectivity index is 2.00. The van der Waals surface area contributed by atoms with Crippen molar-refractivity contribution in [1.82, 2.24) is 0 Å². The number of ether oxygens (including phenoxy) is 1. The normalized spacial score (nSPS) is 11.1. The third-order valence-electron chi connectivity index (χ3n) is 4.48. The van der Waals surface area contributed by atoms with E-state index in [1.165, 1.54) is 0 Å². The van der Waals surface area contributed by atoms with E-state index in [1.54, 1.807) is 19.4 Å². The molecule has 0 saturated carbocycles. The van der Waals surface area contributed by atoms with E-state index in [2.05, 4.69) is 6.07 Å². The van der Waals surface area contributed by atoms with Crippen LogP contribution in [0.1, 0.15) is 5.56 Å². The Morgan fingerprint density at radius 1 is 0.885 bits per heavy atom. The summed E-state index contributed by atoms with van der Waals surface area (Å²) in [5.74, 6) is 0.810. The van der Waals surface area contributed by atoms with Crippen LogP contribution in [-0.4, -0.2) is 7.11 Å². The standard InChI is InChI=1S/C22H16Cl2O2/c1-13-12-26-21-10-15(14-4-3-5-17(8-14)25-2)9-19(22(13)21)18-7-6-16(23)11-20(18)24/h3-12H,1-2H3. The first-order valence-corrected chi connectivity index (χ1v) is 8.94. The minimum absolute atomic E-state index is 0.613. The van der Waals surface area contributed by atoms with Gasteiger partial charge in [-0.05, 0) is 65.6 Å². The SMILES string of the molecule is COc1cccc(-c2cc(-c3ccc(Cl)cc3Cl)c3c(C)coc3c2)c1. The average Bonchev–Trinajstić information content (AvgIpc) is 3.02. The van der Waals surface area contributed by atoms with Gasteiger partial charge in [0.15, 0.2) is 0 Å². The molecule has 130 valence electrons. The van der Waals surface area contributed by atoms with Gasteiger partial charge in [-0.25, -0.2) is 0 Å². The van der Waals surface area contributed by atoms with Crippen molar-refractivity contribution in [2.45, 2.75) is 6.92 Å². The van der Waals surface area contributed by atoms with Crippen LogP contribution in [0.3, 0.4) is 0 Å². The van der Waals surface area contributed by atoms with Gasteiger partial charge in [0.25, 0.3) is 0 Å². The first-order valence-electron chi connectivity index (χ1n) is 8.18. The fourth-order valence-electron chi connectivity index (χ4n) is 3.22. The Hall–Kier alpha value is -2.42.